The van der Waals surface area contributed by atoms with E-state index in [1.54, 1.807) is 0 Å². The molecule has 1 aliphatic rings. The molecule has 1 saturated heterocycles. The summed E-state index contributed by atoms with van der Waals surface area (Å²) in [5.41, 5.74) is 0. The van der Waals surface area contributed by atoms with Gasteiger partial charge >= 0.3 is 11.9 Å². The summed E-state index contributed by atoms with van der Waals surface area (Å²) in [6.45, 7) is 3.77. The van der Waals surface area contributed by atoms with E-state index in [0.717, 1.165) is 0 Å². The molecule has 6 heteroatoms. The van der Waals surface area contributed by atoms with Crippen LogP contribution in [0, 0.1) is 11.8 Å². The Morgan fingerprint density at radius 1 is 1.41 bits per heavy atom. The molecule has 17 heavy (non-hydrogen) atoms. The van der Waals surface area contributed by atoms with E-state index in [0.29, 0.717) is 0 Å². The highest BCUT2D eigenvalue weighted by atomic mass is 16.4. The van der Waals surface area contributed by atoms with E-state index in [4.69, 9.17) is 10.2 Å². The van der Waals surface area contributed by atoms with Crippen molar-refractivity contribution in [2.24, 2.45) is 11.8 Å². The summed E-state index contributed by atoms with van der Waals surface area (Å²) < 4.78 is 0. The Bertz CT molecular complexity index is 339. The molecule has 2 atom stereocenters. The Morgan fingerprint density at radius 2 is 2.00 bits per heavy atom. The lowest BCUT2D eigenvalue weighted by atomic mass is 9.99. The molecule has 1 heterocycles. The van der Waals surface area contributed by atoms with E-state index in [9.17, 15) is 14.4 Å². The lowest BCUT2D eigenvalue weighted by Gasteiger charge is -2.30. The molecule has 1 amide bonds. The van der Waals surface area contributed by atoms with Gasteiger partial charge in [0, 0.05) is 19.0 Å². The van der Waals surface area contributed by atoms with Gasteiger partial charge in [0.2, 0.25) is 5.91 Å². The predicted molar refractivity (Wildman–Crippen MR) is 58.3 cm³/mol. The Labute approximate surface area is 99.2 Å². The number of amides is 1. The number of aliphatic carboxylic acids is 2. The standard InChI is InChI=1S/C11H17NO5/c1-6(2)8(4-10(14)15)12-5-7(11(16)17)3-9(12)13/h6-8H,3-5H2,1-2H3,(H,14,15)(H,16,17). The lowest BCUT2D eigenvalue weighted by molar-refractivity contribution is -0.142. The van der Waals surface area contributed by atoms with Crippen LogP contribution in [0.1, 0.15) is 26.7 Å². The van der Waals surface area contributed by atoms with Crippen molar-refractivity contribution in [3.63, 3.8) is 0 Å². The van der Waals surface area contributed by atoms with E-state index in [1.807, 2.05) is 13.8 Å². The van der Waals surface area contributed by atoms with E-state index < -0.39 is 23.9 Å². The number of hydrogen-bond donors (Lipinski definition) is 2. The van der Waals surface area contributed by atoms with Gasteiger partial charge in [-0.1, -0.05) is 13.8 Å². The zero-order valence-electron chi connectivity index (χ0n) is 9.92. The van der Waals surface area contributed by atoms with Crippen LogP contribution in [0.3, 0.4) is 0 Å². The van der Waals surface area contributed by atoms with Gasteiger partial charge < -0.3 is 15.1 Å². The fourth-order valence-electron chi connectivity index (χ4n) is 2.10. The maximum absolute atomic E-state index is 11.7. The van der Waals surface area contributed by atoms with Crippen molar-refractivity contribution in [2.75, 3.05) is 6.54 Å². The van der Waals surface area contributed by atoms with Gasteiger partial charge in [0.05, 0.1) is 12.3 Å². The summed E-state index contributed by atoms with van der Waals surface area (Å²) in [4.78, 5) is 34.6. The van der Waals surface area contributed by atoms with Crippen LogP contribution in [0.4, 0.5) is 0 Å². The molecule has 0 radical (unpaired) electrons. The van der Waals surface area contributed by atoms with Crippen LogP contribution in [-0.4, -0.2) is 45.5 Å². The SMILES string of the molecule is CC(C)C(CC(=O)O)N1CC(C(=O)O)CC1=O. The monoisotopic (exact) mass is 243 g/mol. The van der Waals surface area contributed by atoms with Crippen molar-refractivity contribution in [3.05, 3.63) is 0 Å². The van der Waals surface area contributed by atoms with Crippen LogP contribution in [-0.2, 0) is 14.4 Å². The molecule has 6 nitrogen and oxygen atoms in total. The fraction of sp³-hybridized carbons (Fsp3) is 0.727. The van der Waals surface area contributed by atoms with Gasteiger partial charge in [-0.05, 0) is 5.92 Å². The van der Waals surface area contributed by atoms with Gasteiger partial charge in [0.25, 0.3) is 0 Å². The van der Waals surface area contributed by atoms with Crippen molar-refractivity contribution in [2.45, 2.75) is 32.7 Å². The molecule has 0 saturated carbocycles. The summed E-state index contributed by atoms with van der Waals surface area (Å²) in [7, 11) is 0. The Kier molecular flexibility index (Phi) is 4.09. The Hall–Kier alpha value is -1.59. The first-order valence-electron chi connectivity index (χ1n) is 5.57. The van der Waals surface area contributed by atoms with Crippen LogP contribution in [0.15, 0.2) is 0 Å². The van der Waals surface area contributed by atoms with E-state index >= 15 is 0 Å². The molecule has 2 N–H and O–H groups in total. The van der Waals surface area contributed by atoms with Crippen molar-refractivity contribution in [1.82, 2.24) is 4.90 Å². The largest absolute Gasteiger partial charge is 0.481 e. The molecule has 0 bridgehead atoms. The molecule has 1 fully saturated rings. The first-order valence-corrected chi connectivity index (χ1v) is 5.57. The predicted octanol–water partition coefficient (Wildman–Crippen LogP) is 0.419. The summed E-state index contributed by atoms with van der Waals surface area (Å²) in [5, 5.41) is 17.7. The highest BCUT2D eigenvalue weighted by Crippen LogP contribution is 2.25. The average molecular weight is 243 g/mol. The minimum absolute atomic E-state index is 0.0115. The topological polar surface area (TPSA) is 94.9 Å². The quantitative estimate of drug-likeness (QED) is 0.729. The number of rotatable bonds is 5. The molecule has 0 spiro atoms. The smallest absolute Gasteiger partial charge is 0.308 e. The molecule has 0 aromatic heterocycles. The van der Waals surface area contributed by atoms with Gasteiger partial charge in [0.15, 0.2) is 0 Å². The number of likely N-dealkylation sites (tertiary alicyclic amines) is 1. The van der Waals surface area contributed by atoms with Crippen LogP contribution in [0.2, 0.25) is 0 Å². The maximum Gasteiger partial charge on any atom is 0.308 e. The van der Waals surface area contributed by atoms with Gasteiger partial charge in [-0.25, -0.2) is 0 Å². The second kappa shape index (κ2) is 5.16. The highest BCUT2D eigenvalue weighted by Gasteiger charge is 2.39. The Morgan fingerprint density at radius 3 is 2.35 bits per heavy atom. The molecule has 0 aromatic carbocycles. The second-order valence-corrected chi connectivity index (χ2v) is 4.69. The van der Waals surface area contributed by atoms with E-state index in [1.165, 1.54) is 4.90 Å². The zero-order chi connectivity index (χ0) is 13.2. The molecule has 96 valence electrons. The third kappa shape index (κ3) is 3.18. The van der Waals surface area contributed by atoms with Gasteiger partial charge in [0.1, 0.15) is 0 Å². The summed E-state index contributed by atoms with van der Waals surface area (Å²) in [5.74, 6) is -2.97. The normalized spacial score (nSPS) is 21.9. The first kappa shape index (κ1) is 13.5. The van der Waals surface area contributed by atoms with E-state index in [2.05, 4.69) is 0 Å². The molecule has 0 aromatic rings. The van der Waals surface area contributed by atoms with Crippen LogP contribution >= 0.6 is 0 Å². The van der Waals surface area contributed by atoms with Crippen LogP contribution in [0.25, 0.3) is 0 Å². The van der Waals surface area contributed by atoms with Crippen molar-refractivity contribution in [1.29, 1.82) is 0 Å². The van der Waals surface area contributed by atoms with Gasteiger partial charge in [-0.3, -0.25) is 14.4 Å². The minimum Gasteiger partial charge on any atom is -0.481 e. The lowest BCUT2D eigenvalue weighted by Crippen LogP contribution is -2.41. The Balaban J connectivity index is 2.78. The van der Waals surface area contributed by atoms with Crippen molar-refractivity contribution in [3.8, 4) is 0 Å². The third-order valence-corrected chi connectivity index (χ3v) is 3.06. The summed E-state index contributed by atoms with van der Waals surface area (Å²) in [6, 6.07) is -0.427. The summed E-state index contributed by atoms with van der Waals surface area (Å²) >= 11 is 0. The van der Waals surface area contributed by atoms with Crippen molar-refractivity contribution >= 4 is 17.8 Å². The number of hydrogen-bond acceptors (Lipinski definition) is 3. The van der Waals surface area contributed by atoms with Crippen molar-refractivity contribution < 1.29 is 24.6 Å². The summed E-state index contributed by atoms with van der Waals surface area (Å²) in [6.07, 6.45) is -0.173. The molecular weight excluding hydrogens is 226 g/mol. The van der Waals surface area contributed by atoms with Crippen LogP contribution in [0.5, 0.6) is 0 Å². The van der Waals surface area contributed by atoms with Crippen LogP contribution < -0.4 is 0 Å². The highest BCUT2D eigenvalue weighted by molar-refractivity contribution is 5.86. The molecule has 2 unspecified atom stereocenters. The number of nitrogens with zero attached hydrogens (tertiary/aromatic N) is 1. The molecule has 1 aliphatic heterocycles. The zero-order valence-corrected chi connectivity index (χ0v) is 9.92. The fourth-order valence-corrected chi connectivity index (χ4v) is 2.10. The van der Waals surface area contributed by atoms with Gasteiger partial charge in [-0.2, -0.15) is 0 Å². The number of carbonyl (C=O) groups is 3. The number of carbonyl (C=O) groups excluding carboxylic acids is 1. The maximum atomic E-state index is 11.7. The number of carboxylic acids is 2. The minimum atomic E-state index is -1.00. The first-order chi connectivity index (χ1) is 7.82. The molecular formula is C11H17NO5. The van der Waals surface area contributed by atoms with E-state index in [-0.39, 0.29) is 31.2 Å². The average Bonchev–Trinajstić information content (AvgIpc) is 2.56. The van der Waals surface area contributed by atoms with Gasteiger partial charge in [-0.15, -0.1) is 0 Å². The molecule has 1 rings (SSSR count). The number of carboxylic acid groups (broad SMARTS) is 2. The third-order valence-electron chi connectivity index (χ3n) is 3.06. The molecule has 0 aliphatic carbocycles. The second-order valence-electron chi connectivity index (χ2n) is 4.69.